The minimum absolute atomic E-state index is 0.196. The fourth-order valence-electron chi connectivity index (χ4n) is 2.58. The van der Waals surface area contributed by atoms with E-state index in [9.17, 15) is 9.59 Å². The van der Waals surface area contributed by atoms with Gasteiger partial charge >= 0.3 is 0 Å². The molecule has 4 heteroatoms. The summed E-state index contributed by atoms with van der Waals surface area (Å²) in [6.45, 7) is 0. The lowest BCUT2D eigenvalue weighted by Crippen LogP contribution is -2.38. The van der Waals surface area contributed by atoms with Crippen LogP contribution in [0.15, 0.2) is 0 Å². The normalized spacial score (nSPS) is 23.6. The zero-order valence-electron chi connectivity index (χ0n) is 10.2. The maximum atomic E-state index is 11.9. The Morgan fingerprint density at radius 1 is 1.18 bits per heavy atom. The van der Waals surface area contributed by atoms with Gasteiger partial charge in [0.05, 0.1) is 0 Å². The molecule has 0 aromatic heterocycles. The predicted molar refractivity (Wildman–Crippen MR) is 70.1 cm³/mol. The van der Waals surface area contributed by atoms with Crippen molar-refractivity contribution in [2.24, 2.45) is 5.92 Å². The third kappa shape index (κ3) is 4.34. The smallest absolute Gasteiger partial charge is 0.220 e. The van der Waals surface area contributed by atoms with Crippen LogP contribution in [0.4, 0.5) is 0 Å². The van der Waals surface area contributed by atoms with Crippen molar-refractivity contribution in [1.29, 1.82) is 0 Å². The van der Waals surface area contributed by atoms with Crippen LogP contribution in [-0.2, 0) is 9.59 Å². The topological polar surface area (TPSA) is 46.2 Å². The maximum Gasteiger partial charge on any atom is 0.220 e. The van der Waals surface area contributed by atoms with Gasteiger partial charge in [-0.15, -0.1) is 0 Å². The number of thioether (sulfide) groups is 1. The van der Waals surface area contributed by atoms with Gasteiger partial charge in [0, 0.05) is 25.3 Å². The maximum absolute atomic E-state index is 11.9. The quantitative estimate of drug-likeness (QED) is 0.840. The minimum Gasteiger partial charge on any atom is -0.353 e. The summed E-state index contributed by atoms with van der Waals surface area (Å²) in [6, 6.07) is 0.248. The van der Waals surface area contributed by atoms with Gasteiger partial charge in [-0.2, -0.15) is 11.8 Å². The van der Waals surface area contributed by atoms with E-state index in [0.717, 1.165) is 12.8 Å². The van der Waals surface area contributed by atoms with Gasteiger partial charge in [0.2, 0.25) is 5.91 Å². The summed E-state index contributed by atoms with van der Waals surface area (Å²) in [5.41, 5.74) is 0. The molecule has 96 valence electrons. The zero-order chi connectivity index (χ0) is 12.1. The number of nitrogens with one attached hydrogen (secondary N) is 1. The number of amides is 1. The Morgan fingerprint density at radius 3 is 2.47 bits per heavy atom. The Bertz CT molecular complexity index is 277. The number of hydrogen-bond acceptors (Lipinski definition) is 3. The van der Waals surface area contributed by atoms with Gasteiger partial charge in [-0.05, 0) is 43.1 Å². The van der Waals surface area contributed by atoms with E-state index in [1.807, 2.05) is 11.8 Å². The van der Waals surface area contributed by atoms with Crippen LogP contribution in [0, 0.1) is 5.92 Å². The van der Waals surface area contributed by atoms with Crippen molar-refractivity contribution in [3.8, 4) is 0 Å². The van der Waals surface area contributed by atoms with Crippen molar-refractivity contribution in [2.75, 3.05) is 11.5 Å². The average Bonchev–Trinajstić information content (AvgIpc) is 2.33. The van der Waals surface area contributed by atoms with Crippen LogP contribution in [-0.4, -0.2) is 29.2 Å². The molecule has 2 aliphatic rings. The molecule has 2 fully saturated rings. The fraction of sp³-hybridized carbons (Fsp3) is 0.846. The first-order valence-electron chi connectivity index (χ1n) is 6.63. The van der Waals surface area contributed by atoms with Crippen molar-refractivity contribution < 1.29 is 9.59 Å². The second-order valence-electron chi connectivity index (χ2n) is 5.14. The lowest BCUT2D eigenvalue weighted by molar-refractivity contribution is -0.125. The van der Waals surface area contributed by atoms with Gasteiger partial charge in [0.25, 0.3) is 0 Å². The van der Waals surface area contributed by atoms with Gasteiger partial charge < -0.3 is 5.32 Å². The predicted octanol–water partition coefficient (Wildman–Crippen LogP) is 2.15. The second kappa shape index (κ2) is 6.43. The van der Waals surface area contributed by atoms with Crippen LogP contribution >= 0.6 is 11.8 Å². The fourth-order valence-corrected chi connectivity index (χ4v) is 3.79. The first-order valence-corrected chi connectivity index (χ1v) is 7.78. The van der Waals surface area contributed by atoms with E-state index in [4.69, 9.17) is 0 Å². The Hall–Kier alpha value is -0.510. The van der Waals surface area contributed by atoms with Crippen LogP contribution in [0.5, 0.6) is 0 Å². The number of carbonyl (C=O) groups is 2. The lowest BCUT2D eigenvalue weighted by Gasteiger charge is -2.25. The van der Waals surface area contributed by atoms with E-state index in [-0.39, 0.29) is 11.9 Å². The molecule has 1 amide bonds. The summed E-state index contributed by atoms with van der Waals surface area (Å²) in [5, 5.41) is 3.09. The monoisotopic (exact) mass is 255 g/mol. The van der Waals surface area contributed by atoms with Gasteiger partial charge in [-0.3, -0.25) is 9.59 Å². The van der Waals surface area contributed by atoms with E-state index in [0.29, 0.717) is 31.0 Å². The summed E-state index contributed by atoms with van der Waals surface area (Å²) in [4.78, 5) is 23.0. The van der Waals surface area contributed by atoms with E-state index >= 15 is 0 Å². The summed E-state index contributed by atoms with van der Waals surface area (Å²) in [6.07, 6.45) is 6.01. The Balaban J connectivity index is 1.67. The number of ketones is 1. The average molecular weight is 255 g/mol. The van der Waals surface area contributed by atoms with Gasteiger partial charge in [-0.25, -0.2) is 0 Å². The molecule has 17 heavy (non-hydrogen) atoms. The molecule has 3 nitrogen and oxygen atoms in total. The van der Waals surface area contributed by atoms with Crippen molar-refractivity contribution in [3.05, 3.63) is 0 Å². The molecular formula is C13H21NO2S. The van der Waals surface area contributed by atoms with Gasteiger partial charge in [0.1, 0.15) is 5.78 Å². The molecule has 1 saturated carbocycles. The third-order valence-electron chi connectivity index (χ3n) is 3.72. The van der Waals surface area contributed by atoms with Crippen LogP contribution in [0.2, 0.25) is 0 Å². The summed E-state index contributed by atoms with van der Waals surface area (Å²) < 4.78 is 0. The molecule has 0 atom stereocenters. The van der Waals surface area contributed by atoms with Crippen molar-refractivity contribution in [2.45, 2.75) is 51.0 Å². The highest BCUT2D eigenvalue weighted by atomic mass is 32.2. The van der Waals surface area contributed by atoms with E-state index < -0.39 is 0 Å². The van der Waals surface area contributed by atoms with E-state index in [1.165, 1.54) is 24.3 Å². The van der Waals surface area contributed by atoms with E-state index in [1.54, 1.807) is 0 Å². The largest absolute Gasteiger partial charge is 0.353 e. The van der Waals surface area contributed by atoms with Crippen LogP contribution in [0.3, 0.4) is 0 Å². The SMILES string of the molecule is O=C1CCC(NC(=O)CC2CCSCC2)CC1. The molecule has 0 aromatic rings. The van der Waals surface area contributed by atoms with Crippen molar-refractivity contribution >= 4 is 23.5 Å². The number of carbonyl (C=O) groups excluding carboxylic acids is 2. The van der Waals surface area contributed by atoms with Crippen molar-refractivity contribution in [3.63, 3.8) is 0 Å². The molecule has 1 N–H and O–H groups in total. The Morgan fingerprint density at radius 2 is 1.82 bits per heavy atom. The summed E-state index contributed by atoms with van der Waals surface area (Å²) in [7, 11) is 0. The summed E-state index contributed by atoms with van der Waals surface area (Å²) >= 11 is 1.99. The third-order valence-corrected chi connectivity index (χ3v) is 4.77. The minimum atomic E-state index is 0.196. The molecule has 2 rings (SSSR count). The summed E-state index contributed by atoms with van der Waals surface area (Å²) in [5.74, 6) is 3.54. The molecule has 1 saturated heterocycles. The first kappa shape index (κ1) is 12.9. The number of hydrogen-bond donors (Lipinski definition) is 1. The van der Waals surface area contributed by atoms with Crippen LogP contribution in [0.25, 0.3) is 0 Å². The molecule has 0 spiro atoms. The molecule has 0 bridgehead atoms. The molecule has 0 aromatic carbocycles. The van der Waals surface area contributed by atoms with Crippen molar-refractivity contribution in [1.82, 2.24) is 5.32 Å². The highest BCUT2D eigenvalue weighted by Gasteiger charge is 2.22. The molecule has 1 aliphatic carbocycles. The van der Waals surface area contributed by atoms with Crippen LogP contribution < -0.4 is 5.32 Å². The molecule has 1 aliphatic heterocycles. The van der Waals surface area contributed by atoms with Gasteiger partial charge in [0.15, 0.2) is 0 Å². The highest BCUT2D eigenvalue weighted by molar-refractivity contribution is 7.99. The molecular weight excluding hydrogens is 234 g/mol. The first-order chi connectivity index (χ1) is 8.24. The molecule has 0 unspecified atom stereocenters. The Labute approximate surface area is 107 Å². The van der Waals surface area contributed by atoms with Gasteiger partial charge in [-0.1, -0.05) is 0 Å². The molecule has 1 heterocycles. The highest BCUT2D eigenvalue weighted by Crippen LogP contribution is 2.25. The number of rotatable bonds is 3. The Kier molecular flexibility index (Phi) is 4.89. The molecule has 0 radical (unpaired) electrons. The second-order valence-corrected chi connectivity index (χ2v) is 6.37. The van der Waals surface area contributed by atoms with Crippen LogP contribution in [0.1, 0.15) is 44.9 Å². The van der Waals surface area contributed by atoms with E-state index in [2.05, 4.69) is 5.32 Å². The number of Topliss-reactive ketones (excluding diaryl/α,β-unsaturated/α-hetero) is 1. The standard InChI is InChI=1S/C13H21NO2S/c15-12-3-1-11(2-4-12)14-13(16)9-10-5-7-17-8-6-10/h10-11H,1-9H2,(H,14,16). The lowest BCUT2D eigenvalue weighted by atomic mass is 9.93. The zero-order valence-corrected chi connectivity index (χ0v) is 11.1.